The van der Waals surface area contributed by atoms with Gasteiger partial charge in [0.15, 0.2) is 0 Å². The second-order valence-corrected chi connectivity index (χ2v) is 12.0. The number of nitrogens with zero attached hydrogens (tertiary/aromatic N) is 2. The zero-order chi connectivity index (χ0) is 28.7. The summed E-state index contributed by atoms with van der Waals surface area (Å²) in [5, 5.41) is 3.48. The molecule has 208 valence electrons. The maximum Gasteiger partial charge on any atom is 0.264 e. The van der Waals surface area contributed by atoms with Gasteiger partial charge in [-0.1, -0.05) is 61.0 Å². The molecule has 0 aromatic heterocycles. The number of halogens is 1. The summed E-state index contributed by atoms with van der Waals surface area (Å²) in [5.74, 6) is -0.812. The molecule has 7 nitrogen and oxygen atoms in total. The van der Waals surface area contributed by atoms with Crippen LogP contribution in [0.15, 0.2) is 77.7 Å². The van der Waals surface area contributed by atoms with E-state index < -0.39 is 28.5 Å². The summed E-state index contributed by atoms with van der Waals surface area (Å²) in [5.41, 5.74) is 2.82. The van der Waals surface area contributed by atoms with Gasteiger partial charge in [-0.15, -0.1) is 0 Å². The van der Waals surface area contributed by atoms with Crippen LogP contribution in [0.3, 0.4) is 0 Å². The number of sulfonamides is 1. The first-order valence-electron chi connectivity index (χ1n) is 12.9. The summed E-state index contributed by atoms with van der Waals surface area (Å²) < 4.78 is 28.9. The minimum absolute atomic E-state index is 0.0719. The van der Waals surface area contributed by atoms with Gasteiger partial charge < -0.3 is 10.2 Å². The molecule has 0 aliphatic heterocycles. The van der Waals surface area contributed by atoms with Gasteiger partial charge in [-0.25, -0.2) is 8.42 Å². The van der Waals surface area contributed by atoms with Crippen molar-refractivity contribution in [2.24, 2.45) is 0 Å². The Morgan fingerprint density at radius 3 is 2.18 bits per heavy atom. The maximum absolute atomic E-state index is 14.0. The minimum atomic E-state index is -4.10. The van der Waals surface area contributed by atoms with E-state index >= 15 is 0 Å². The van der Waals surface area contributed by atoms with E-state index in [1.807, 2.05) is 33.8 Å². The van der Waals surface area contributed by atoms with Crippen LogP contribution in [0.5, 0.6) is 0 Å². The zero-order valence-corrected chi connectivity index (χ0v) is 24.6. The number of amides is 2. The number of carbonyl (C=O) groups is 2. The predicted octanol–water partition coefficient (Wildman–Crippen LogP) is 5.48. The van der Waals surface area contributed by atoms with E-state index in [0.717, 1.165) is 27.4 Å². The van der Waals surface area contributed by atoms with Gasteiger partial charge >= 0.3 is 0 Å². The molecule has 0 heterocycles. The second kappa shape index (κ2) is 13.1. The molecule has 0 unspecified atom stereocenters. The van der Waals surface area contributed by atoms with Crippen LogP contribution in [0.25, 0.3) is 0 Å². The fraction of sp³-hybridized carbons (Fsp3) is 0.333. The third-order valence-electron chi connectivity index (χ3n) is 6.89. The summed E-state index contributed by atoms with van der Waals surface area (Å²) in [7, 11) is -4.10. The van der Waals surface area contributed by atoms with Gasteiger partial charge in [0.05, 0.1) is 10.6 Å². The van der Waals surface area contributed by atoms with Crippen molar-refractivity contribution in [3.8, 4) is 0 Å². The van der Waals surface area contributed by atoms with Gasteiger partial charge in [-0.2, -0.15) is 0 Å². The highest BCUT2D eigenvalue weighted by Gasteiger charge is 2.33. The van der Waals surface area contributed by atoms with Crippen LogP contribution in [-0.4, -0.2) is 43.8 Å². The van der Waals surface area contributed by atoms with E-state index in [0.29, 0.717) is 10.7 Å². The third kappa shape index (κ3) is 7.40. The number of rotatable bonds is 11. The Morgan fingerprint density at radius 2 is 1.56 bits per heavy atom. The third-order valence-corrected chi connectivity index (χ3v) is 8.92. The van der Waals surface area contributed by atoms with Crippen LogP contribution in [0.2, 0.25) is 5.02 Å². The molecule has 0 spiro atoms. The van der Waals surface area contributed by atoms with E-state index in [-0.39, 0.29) is 23.4 Å². The standard InChI is InChI=1S/C30H36ClN3O4S/c1-6-22(3)32-30(36)24(5)33(19-25-15-17-26(31)18-16-25)29(35)20-34(28-14-10-11-21(2)23(28)4)39(37,38)27-12-8-7-9-13-27/h7-18,22,24H,6,19-20H2,1-5H3,(H,32,36)/t22-,24+/m0/s1. The number of aryl methyl sites for hydroxylation is 1. The largest absolute Gasteiger partial charge is 0.352 e. The first-order chi connectivity index (χ1) is 18.4. The highest BCUT2D eigenvalue weighted by atomic mass is 35.5. The van der Waals surface area contributed by atoms with Crippen LogP contribution in [0.4, 0.5) is 5.69 Å². The van der Waals surface area contributed by atoms with Crippen molar-refractivity contribution in [2.75, 3.05) is 10.8 Å². The molecule has 0 radical (unpaired) electrons. The van der Waals surface area contributed by atoms with E-state index in [1.165, 1.54) is 17.0 Å². The Balaban J connectivity index is 2.05. The lowest BCUT2D eigenvalue weighted by Crippen LogP contribution is -2.52. The lowest BCUT2D eigenvalue weighted by molar-refractivity contribution is -0.139. The lowest BCUT2D eigenvalue weighted by Gasteiger charge is -2.33. The molecule has 0 saturated carbocycles. The molecular weight excluding hydrogens is 534 g/mol. The first kappa shape index (κ1) is 30.2. The van der Waals surface area contributed by atoms with Crippen LogP contribution >= 0.6 is 11.6 Å². The van der Waals surface area contributed by atoms with Crippen LogP contribution in [0.1, 0.15) is 43.9 Å². The van der Waals surface area contributed by atoms with Gasteiger partial charge in [0, 0.05) is 17.6 Å². The monoisotopic (exact) mass is 569 g/mol. The molecule has 0 saturated heterocycles. The average molecular weight is 570 g/mol. The first-order valence-corrected chi connectivity index (χ1v) is 14.8. The van der Waals surface area contributed by atoms with Crippen LogP contribution < -0.4 is 9.62 Å². The second-order valence-electron chi connectivity index (χ2n) is 9.69. The summed E-state index contributed by atoms with van der Waals surface area (Å²) in [6.45, 7) is 8.86. The Bertz CT molecular complexity index is 1400. The quantitative estimate of drug-likeness (QED) is 0.331. The molecule has 2 amide bonds. The van der Waals surface area contributed by atoms with Gasteiger partial charge in [-0.3, -0.25) is 13.9 Å². The van der Waals surface area contributed by atoms with Crippen LogP contribution in [-0.2, 0) is 26.2 Å². The summed E-state index contributed by atoms with van der Waals surface area (Å²) in [6.07, 6.45) is 0.735. The Hall–Kier alpha value is -3.36. The zero-order valence-electron chi connectivity index (χ0n) is 23.0. The Kier molecular flexibility index (Phi) is 10.2. The summed E-state index contributed by atoms with van der Waals surface area (Å²) >= 11 is 6.05. The molecule has 0 aliphatic rings. The van der Waals surface area contributed by atoms with E-state index in [9.17, 15) is 18.0 Å². The molecule has 0 bridgehead atoms. The van der Waals surface area contributed by atoms with Crippen molar-refractivity contribution < 1.29 is 18.0 Å². The van der Waals surface area contributed by atoms with Crippen molar-refractivity contribution in [3.05, 3.63) is 94.5 Å². The highest BCUT2D eigenvalue weighted by Crippen LogP contribution is 2.29. The Morgan fingerprint density at radius 1 is 0.923 bits per heavy atom. The number of benzene rings is 3. The smallest absolute Gasteiger partial charge is 0.264 e. The van der Waals surface area contributed by atoms with Crippen molar-refractivity contribution in [3.63, 3.8) is 0 Å². The molecule has 3 rings (SSSR count). The van der Waals surface area contributed by atoms with E-state index in [1.54, 1.807) is 61.5 Å². The van der Waals surface area contributed by atoms with Gasteiger partial charge in [0.25, 0.3) is 10.0 Å². The molecular formula is C30H36ClN3O4S. The van der Waals surface area contributed by atoms with Crippen LogP contribution in [0, 0.1) is 13.8 Å². The summed E-state index contributed by atoms with van der Waals surface area (Å²) in [6, 6.07) is 19.5. The number of nitrogens with one attached hydrogen (secondary N) is 1. The fourth-order valence-corrected chi connectivity index (χ4v) is 5.69. The number of hydrogen-bond donors (Lipinski definition) is 1. The van der Waals surface area contributed by atoms with Gasteiger partial charge in [0.2, 0.25) is 11.8 Å². The topological polar surface area (TPSA) is 86.8 Å². The predicted molar refractivity (Wildman–Crippen MR) is 156 cm³/mol. The minimum Gasteiger partial charge on any atom is -0.352 e. The normalized spacial score (nSPS) is 12.9. The maximum atomic E-state index is 14.0. The van der Waals surface area contributed by atoms with E-state index in [2.05, 4.69) is 5.32 Å². The van der Waals surface area contributed by atoms with E-state index in [4.69, 9.17) is 11.6 Å². The summed E-state index contributed by atoms with van der Waals surface area (Å²) in [4.78, 5) is 28.6. The number of hydrogen-bond acceptors (Lipinski definition) is 4. The lowest BCUT2D eigenvalue weighted by atomic mass is 10.1. The Labute approximate surface area is 236 Å². The molecule has 39 heavy (non-hydrogen) atoms. The SMILES string of the molecule is CC[C@H](C)NC(=O)[C@@H](C)N(Cc1ccc(Cl)cc1)C(=O)CN(c1cccc(C)c1C)S(=O)(=O)c1ccccc1. The average Bonchev–Trinajstić information content (AvgIpc) is 2.92. The molecule has 9 heteroatoms. The fourth-order valence-electron chi connectivity index (χ4n) is 4.07. The van der Waals surface area contributed by atoms with Crippen molar-refractivity contribution in [1.29, 1.82) is 0 Å². The molecule has 0 fully saturated rings. The molecule has 2 atom stereocenters. The van der Waals surface area contributed by atoms with Gasteiger partial charge in [0.1, 0.15) is 12.6 Å². The van der Waals surface area contributed by atoms with Gasteiger partial charge in [-0.05, 0) is 81.1 Å². The highest BCUT2D eigenvalue weighted by molar-refractivity contribution is 7.92. The molecule has 0 aliphatic carbocycles. The number of anilines is 1. The molecule has 1 N–H and O–H groups in total. The molecule has 3 aromatic rings. The van der Waals surface area contributed by atoms with Crippen molar-refractivity contribution >= 4 is 39.1 Å². The molecule has 3 aromatic carbocycles. The number of carbonyl (C=O) groups excluding carboxylic acids is 2. The van der Waals surface area contributed by atoms with Crippen molar-refractivity contribution in [1.82, 2.24) is 10.2 Å². The van der Waals surface area contributed by atoms with Crippen molar-refractivity contribution in [2.45, 2.75) is 64.6 Å².